The van der Waals surface area contributed by atoms with E-state index in [1.165, 1.54) is 0 Å². The van der Waals surface area contributed by atoms with Crippen LogP contribution in [-0.2, 0) is 4.79 Å². The summed E-state index contributed by atoms with van der Waals surface area (Å²) < 4.78 is 11.9. The van der Waals surface area contributed by atoms with Gasteiger partial charge in [-0.1, -0.05) is 48.5 Å². The second kappa shape index (κ2) is 8.83. The highest BCUT2D eigenvalue weighted by atomic mass is 16.5. The summed E-state index contributed by atoms with van der Waals surface area (Å²) in [6.07, 6.45) is -0.725. The molecule has 1 amide bonds. The molecule has 4 aromatic rings. The van der Waals surface area contributed by atoms with Crippen molar-refractivity contribution in [3.63, 3.8) is 0 Å². The number of hydrogen-bond donors (Lipinski definition) is 1. The van der Waals surface area contributed by atoms with Crippen molar-refractivity contribution >= 4 is 11.6 Å². The van der Waals surface area contributed by atoms with E-state index in [0.29, 0.717) is 23.1 Å². The maximum atomic E-state index is 12.8. The van der Waals surface area contributed by atoms with Gasteiger partial charge in [0.2, 0.25) is 5.89 Å². The number of para-hydroxylation sites is 2. The number of aryl methyl sites for hydroxylation is 2. The zero-order valence-electron chi connectivity index (χ0n) is 17.6. The second-order valence-electron chi connectivity index (χ2n) is 7.29. The molecule has 1 atom stereocenters. The minimum absolute atomic E-state index is 0.234. The molecule has 0 spiro atoms. The van der Waals surface area contributed by atoms with Crippen molar-refractivity contribution in [1.29, 1.82) is 0 Å². The maximum Gasteiger partial charge on any atom is 0.265 e. The Morgan fingerprint density at radius 3 is 2.26 bits per heavy atom. The number of amides is 1. The van der Waals surface area contributed by atoms with Crippen molar-refractivity contribution in [1.82, 2.24) is 10.2 Å². The van der Waals surface area contributed by atoms with Gasteiger partial charge in [-0.15, -0.1) is 10.2 Å². The van der Waals surface area contributed by atoms with Crippen molar-refractivity contribution in [2.75, 3.05) is 5.32 Å². The first kappa shape index (κ1) is 20.3. The van der Waals surface area contributed by atoms with Crippen LogP contribution in [0.1, 0.15) is 18.1 Å². The topological polar surface area (TPSA) is 77.2 Å². The van der Waals surface area contributed by atoms with Gasteiger partial charge in [0, 0.05) is 11.3 Å². The van der Waals surface area contributed by atoms with E-state index in [1.54, 1.807) is 13.0 Å². The average molecular weight is 413 g/mol. The van der Waals surface area contributed by atoms with E-state index in [1.807, 2.05) is 80.6 Å². The smallest absolute Gasteiger partial charge is 0.265 e. The van der Waals surface area contributed by atoms with Gasteiger partial charge in [0.25, 0.3) is 11.8 Å². The lowest BCUT2D eigenvalue weighted by Gasteiger charge is -2.18. The summed E-state index contributed by atoms with van der Waals surface area (Å²) in [6.45, 7) is 5.63. The molecular formula is C25H23N3O3. The fraction of sp³-hybridized carbons (Fsp3) is 0.160. The van der Waals surface area contributed by atoms with Crippen molar-refractivity contribution in [3.05, 3.63) is 83.9 Å². The fourth-order valence-electron chi connectivity index (χ4n) is 3.26. The average Bonchev–Trinajstić information content (AvgIpc) is 3.27. The first-order valence-corrected chi connectivity index (χ1v) is 10.0. The quantitative estimate of drug-likeness (QED) is 0.456. The van der Waals surface area contributed by atoms with Crippen LogP contribution in [0, 0.1) is 13.8 Å². The molecule has 156 valence electrons. The summed E-state index contributed by atoms with van der Waals surface area (Å²) in [6, 6.07) is 22.7. The number of anilines is 1. The third-order valence-corrected chi connectivity index (χ3v) is 4.97. The highest BCUT2D eigenvalue weighted by molar-refractivity contribution is 5.95. The highest BCUT2D eigenvalue weighted by Crippen LogP contribution is 2.31. The molecule has 0 aliphatic carbocycles. The zero-order chi connectivity index (χ0) is 21.8. The third-order valence-electron chi connectivity index (χ3n) is 4.97. The van der Waals surface area contributed by atoms with Gasteiger partial charge in [0.15, 0.2) is 6.10 Å². The largest absolute Gasteiger partial charge is 0.480 e. The molecule has 4 rings (SSSR count). The summed E-state index contributed by atoms with van der Waals surface area (Å²) in [5.41, 5.74) is 4.27. The third kappa shape index (κ3) is 4.48. The van der Waals surface area contributed by atoms with E-state index in [9.17, 15) is 4.79 Å². The Kier molecular flexibility index (Phi) is 5.80. The number of nitrogens with zero attached hydrogens (tertiary/aromatic N) is 2. The monoisotopic (exact) mass is 413 g/mol. The molecule has 0 aliphatic heterocycles. The van der Waals surface area contributed by atoms with Crippen LogP contribution in [0.5, 0.6) is 5.75 Å². The van der Waals surface area contributed by atoms with Crippen LogP contribution in [0.2, 0.25) is 0 Å². The van der Waals surface area contributed by atoms with Crippen LogP contribution in [0.15, 0.2) is 77.2 Å². The molecule has 1 heterocycles. The van der Waals surface area contributed by atoms with E-state index in [4.69, 9.17) is 9.15 Å². The fourth-order valence-corrected chi connectivity index (χ4v) is 3.26. The molecule has 0 radical (unpaired) electrons. The Balaban J connectivity index is 1.54. The molecule has 0 bridgehead atoms. The van der Waals surface area contributed by atoms with Crippen molar-refractivity contribution in [2.24, 2.45) is 0 Å². The minimum atomic E-state index is -0.725. The summed E-state index contributed by atoms with van der Waals surface area (Å²) >= 11 is 0. The van der Waals surface area contributed by atoms with Crippen LogP contribution >= 0.6 is 0 Å². The van der Waals surface area contributed by atoms with Gasteiger partial charge in [-0.2, -0.15) is 0 Å². The molecule has 0 saturated carbocycles. The van der Waals surface area contributed by atoms with E-state index in [0.717, 1.165) is 22.4 Å². The van der Waals surface area contributed by atoms with Gasteiger partial charge in [-0.3, -0.25) is 4.79 Å². The summed E-state index contributed by atoms with van der Waals surface area (Å²) in [5.74, 6) is 1.01. The van der Waals surface area contributed by atoms with Gasteiger partial charge >= 0.3 is 0 Å². The van der Waals surface area contributed by atoms with Gasteiger partial charge in [0.1, 0.15) is 5.75 Å². The Morgan fingerprint density at radius 2 is 1.52 bits per heavy atom. The lowest BCUT2D eigenvalue weighted by molar-refractivity contribution is -0.122. The Labute approximate surface area is 180 Å². The van der Waals surface area contributed by atoms with E-state index in [-0.39, 0.29) is 5.91 Å². The number of carbonyl (C=O) groups is 1. The molecule has 1 N–H and O–H groups in total. The first-order valence-electron chi connectivity index (χ1n) is 10.0. The van der Waals surface area contributed by atoms with Crippen LogP contribution in [0.3, 0.4) is 0 Å². The Hall–Kier alpha value is -3.93. The van der Waals surface area contributed by atoms with Gasteiger partial charge in [-0.05, 0) is 56.2 Å². The highest BCUT2D eigenvalue weighted by Gasteiger charge is 2.20. The molecule has 6 nitrogen and oxygen atoms in total. The van der Waals surface area contributed by atoms with Crippen molar-refractivity contribution in [2.45, 2.75) is 26.9 Å². The van der Waals surface area contributed by atoms with Crippen LogP contribution in [0.25, 0.3) is 22.9 Å². The minimum Gasteiger partial charge on any atom is -0.480 e. The van der Waals surface area contributed by atoms with Crippen LogP contribution in [-0.4, -0.2) is 22.2 Å². The number of hydrogen-bond acceptors (Lipinski definition) is 5. The predicted octanol–water partition coefficient (Wildman–Crippen LogP) is 5.43. The van der Waals surface area contributed by atoms with E-state index >= 15 is 0 Å². The van der Waals surface area contributed by atoms with Crippen molar-refractivity contribution in [3.8, 4) is 28.7 Å². The normalized spacial score (nSPS) is 11.7. The van der Waals surface area contributed by atoms with Gasteiger partial charge in [0.05, 0.1) is 5.56 Å². The van der Waals surface area contributed by atoms with Crippen LogP contribution in [0.4, 0.5) is 5.69 Å². The van der Waals surface area contributed by atoms with Gasteiger partial charge in [-0.25, -0.2) is 0 Å². The second-order valence-corrected chi connectivity index (χ2v) is 7.29. The molecule has 6 heteroatoms. The number of nitrogens with one attached hydrogen (secondary N) is 1. The summed E-state index contributed by atoms with van der Waals surface area (Å²) in [4.78, 5) is 12.8. The standard InChI is InChI=1S/C25H23N3O3/c1-16-10-9-11-17(2)22(16)26-23(29)18(3)30-21-15-8-7-14-20(21)25-28-27-24(31-25)19-12-5-4-6-13-19/h4-15,18H,1-3H3,(H,26,29)/t18-/m0/s1. The maximum absolute atomic E-state index is 12.8. The number of aromatic nitrogens is 2. The molecular weight excluding hydrogens is 390 g/mol. The molecule has 1 aromatic heterocycles. The first-order chi connectivity index (χ1) is 15.0. The number of benzene rings is 3. The molecule has 0 aliphatic rings. The predicted molar refractivity (Wildman–Crippen MR) is 120 cm³/mol. The number of ether oxygens (including phenoxy) is 1. The van der Waals surface area contributed by atoms with E-state index in [2.05, 4.69) is 15.5 Å². The van der Waals surface area contributed by atoms with E-state index < -0.39 is 6.10 Å². The van der Waals surface area contributed by atoms with Gasteiger partial charge < -0.3 is 14.5 Å². The lowest BCUT2D eigenvalue weighted by atomic mass is 10.1. The molecule has 3 aromatic carbocycles. The Morgan fingerprint density at radius 1 is 0.871 bits per heavy atom. The zero-order valence-corrected chi connectivity index (χ0v) is 17.6. The van der Waals surface area contributed by atoms with Crippen molar-refractivity contribution < 1.29 is 13.9 Å². The SMILES string of the molecule is Cc1cccc(C)c1NC(=O)[C@H](C)Oc1ccccc1-c1nnc(-c2ccccc2)o1. The molecule has 0 fully saturated rings. The Bertz CT molecular complexity index is 1180. The summed E-state index contributed by atoms with van der Waals surface area (Å²) in [5, 5.41) is 11.3. The molecule has 0 saturated heterocycles. The molecule has 31 heavy (non-hydrogen) atoms. The molecule has 0 unspecified atom stereocenters. The number of rotatable bonds is 6. The lowest BCUT2D eigenvalue weighted by Crippen LogP contribution is -2.30. The van der Waals surface area contributed by atoms with Crippen LogP contribution < -0.4 is 10.1 Å². The summed E-state index contributed by atoms with van der Waals surface area (Å²) in [7, 11) is 0. The number of carbonyl (C=O) groups excluding carboxylic acids is 1.